The summed E-state index contributed by atoms with van der Waals surface area (Å²) in [6.07, 6.45) is 1.99. The van der Waals surface area contributed by atoms with Crippen molar-refractivity contribution in [1.82, 2.24) is 10.2 Å². The van der Waals surface area contributed by atoms with Gasteiger partial charge in [0.2, 0.25) is 0 Å². The van der Waals surface area contributed by atoms with E-state index in [0.29, 0.717) is 12.5 Å². The summed E-state index contributed by atoms with van der Waals surface area (Å²) in [6, 6.07) is -0.305. The van der Waals surface area contributed by atoms with Crippen molar-refractivity contribution in [2.24, 2.45) is 11.7 Å². The molecule has 3 N–H and O–H groups in total. The first-order valence-corrected chi connectivity index (χ1v) is 3.74. The van der Waals surface area contributed by atoms with Gasteiger partial charge in [0.1, 0.15) is 0 Å². The summed E-state index contributed by atoms with van der Waals surface area (Å²) in [5, 5.41) is 3.14. The minimum atomic E-state index is -0.305. The highest BCUT2D eigenvalue weighted by molar-refractivity contribution is 5.85. The van der Waals surface area contributed by atoms with Crippen LogP contribution in [0.1, 0.15) is 0 Å². The monoisotopic (exact) mass is 189 g/mol. The van der Waals surface area contributed by atoms with Crippen LogP contribution in [-0.2, 0) is 0 Å². The normalized spacial score (nSPS) is 25.5. The molecule has 0 aromatic rings. The van der Waals surface area contributed by atoms with Crippen molar-refractivity contribution in [1.29, 1.82) is 0 Å². The van der Waals surface area contributed by atoms with Crippen molar-refractivity contribution in [2.45, 2.75) is 0 Å². The summed E-state index contributed by atoms with van der Waals surface area (Å²) in [5.74, 6) is 0.516. The largest absolute Gasteiger partial charge is 0.390 e. The van der Waals surface area contributed by atoms with Gasteiger partial charge in [-0.2, -0.15) is 0 Å². The first-order valence-electron chi connectivity index (χ1n) is 3.74. The van der Waals surface area contributed by atoms with Crippen LogP contribution in [0.25, 0.3) is 0 Å². The topological polar surface area (TPSA) is 58.4 Å². The number of nitrogens with one attached hydrogen (secondary N) is 1. The fourth-order valence-electron chi connectivity index (χ4n) is 1.66. The van der Waals surface area contributed by atoms with Gasteiger partial charge in [0, 0.05) is 25.6 Å². The van der Waals surface area contributed by atoms with E-state index in [-0.39, 0.29) is 18.4 Å². The molecule has 1 saturated heterocycles. The van der Waals surface area contributed by atoms with Crippen molar-refractivity contribution < 1.29 is 4.79 Å². The number of urea groups is 1. The molecule has 2 amide bonds. The minimum absolute atomic E-state index is 0. The zero-order valence-corrected chi connectivity index (χ0v) is 7.43. The number of primary amides is 1. The molecule has 2 heterocycles. The smallest absolute Gasteiger partial charge is 0.315 e. The standard InChI is InChI=1S/C7H11N3O.ClH/c8-7(11)10-3-5-1-9-2-6(5)4-10;/h1,6,9H,2-4H2,(H2,8,11);1H. The van der Waals surface area contributed by atoms with Crippen molar-refractivity contribution in [2.75, 3.05) is 19.6 Å². The summed E-state index contributed by atoms with van der Waals surface area (Å²) in [6.45, 7) is 2.46. The van der Waals surface area contributed by atoms with Crippen LogP contribution in [0.3, 0.4) is 0 Å². The molecule has 68 valence electrons. The number of carbonyl (C=O) groups excluding carboxylic acids is 1. The second kappa shape index (κ2) is 3.23. The SMILES string of the molecule is Cl.NC(=O)N1CC2=CNCC2C1. The summed E-state index contributed by atoms with van der Waals surface area (Å²) in [5.41, 5.74) is 6.45. The van der Waals surface area contributed by atoms with Crippen molar-refractivity contribution in [3.05, 3.63) is 11.8 Å². The van der Waals surface area contributed by atoms with Gasteiger partial charge in [0.05, 0.1) is 0 Å². The highest BCUT2D eigenvalue weighted by Gasteiger charge is 2.31. The van der Waals surface area contributed by atoms with Crippen LogP contribution in [0.4, 0.5) is 4.79 Å². The van der Waals surface area contributed by atoms with E-state index in [1.54, 1.807) is 4.90 Å². The number of amides is 2. The fraction of sp³-hybridized carbons (Fsp3) is 0.571. The maximum absolute atomic E-state index is 10.7. The maximum Gasteiger partial charge on any atom is 0.315 e. The Bertz CT molecular complexity index is 229. The summed E-state index contributed by atoms with van der Waals surface area (Å²) in [4.78, 5) is 12.4. The molecule has 1 unspecified atom stereocenters. The van der Waals surface area contributed by atoms with Gasteiger partial charge in [-0.1, -0.05) is 0 Å². The van der Waals surface area contributed by atoms with Gasteiger partial charge in [-0.05, 0) is 11.8 Å². The van der Waals surface area contributed by atoms with Crippen molar-refractivity contribution >= 4 is 18.4 Å². The lowest BCUT2D eigenvalue weighted by atomic mass is 10.1. The van der Waals surface area contributed by atoms with Crippen LogP contribution in [0.2, 0.25) is 0 Å². The molecule has 0 aromatic heterocycles. The molecule has 0 bridgehead atoms. The van der Waals surface area contributed by atoms with E-state index in [1.807, 2.05) is 6.20 Å². The van der Waals surface area contributed by atoms with Crippen LogP contribution < -0.4 is 11.1 Å². The van der Waals surface area contributed by atoms with Crippen LogP contribution in [0.15, 0.2) is 11.8 Å². The predicted molar refractivity (Wildman–Crippen MR) is 48.0 cm³/mol. The first-order chi connectivity index (χ1) is 5.27. The van der Waals surface area contributed by atoms with Crippen molar-refractivity contribution in [3.63, 3.8) is 0 Å². The lowest BCUT2D eigenvalue weighted by Crippen LogP contribution is -2.34. The molecule has 0 aromatic carbocycles. The number of fused-ring (bicyclic) bond motifs is 1. The number of rotatable bonds is 0. The Hall–Kier alpha value is -0.900. The van der Waals surface area contributed by atoms with Crippen LogP contribution in [-0.4, -0.2) is 30.6 Å². The van der Waals surface area contributed by atoms with E-state index >= 15 is 0 Å². The van der Waals surface area contributed by atoms with E-state index in [1.165, 1.54) is 5.57 Å². The van der Waals surface area contributed by atoms with E-state index in [0.717, 1.165) is 13.1 Å². The van der Waals surface area contributed by atoms with Gasteiger partial charge in [-0.25, -0.2) is 4.79 Å². The Balaban J connectivity index is 0.000000720. The molecule has 0 radical (unpaired) electrons. The Morgan fingerprint density at radius 2 is 2.50 bits per heavy atom. The molecule has 2 aliphatic rings. The number of hydrogen-bond acceptors (Lipinski definition) is 2. The average molecular weight is 190 g/mol. The molecule has 2 aliphatic heterocycles. The van der Waals surface area contributed by atoms with Gasteiger partial charge in [-0.3, -0.25) is 0 Å². The van der Waals surface area contributed by atoms with Gasteiger partial charge in [0.15, 0.2) is 0 Å². The van der Waals surface area contributed by atoms with Gasteiger partial charge >= 0.3 is 6.03 Å². The molecule has 0 saturated carbocycles. The average Bonchev–Trinajstić information content (AvgIpc) is 2.40. The fourth-order valence-corrected chi connectivity index (χ4v) is 1.66. The predicted octanol–water partition coefficient (Wildman–Crippen LogP) is -0.0942. The van der Waals surface area contributed by atoms with E-state index in [2.05, 4.69) is 5.32 Å². The Morgan fingerprint density at radius 3 is 3.08 bits per heavy atom. The lowest BCUT2D eigenvalue weighted by molar-refractivity contribution is 0.217. The van der Waals surface area contributed by atoms with Crippen LogP contribution >= 0.6 is 12.4 Å². The quantitative estimate of drug-likeness (QED) is 0.560. The highest BCUT2D eigenvalue weighted by atomic mass is 35.5. The Labute approximate surface area is 77.2 Å². The molecular weight excluding hydrogens is 178 g/mol. The zero-order chi connectivity index (χ0) is 7.84. The number of carbonyl (C=O) groups is 1. The molecule has 1 fully saturated rings. The second-order valence-electron chi connectivity index (χ2n) is 3.04. The van der Waals surface area contributed by atoms with Crippen LogP contribution in [0, 0.1) is 5.92 Å². The molecule has 2 rings (SSSR count). The van der Waals surface area contributed by atoms with Gasteiger partial charge in [-0.15, -0.1) is 12.4 Å². The number of likely N-dealkylation sites (tertiary alicyclic amines) is 1. The third-order valence-electron chi connectivity index (χ3n) is 2.30. The van der Waals surface area contributed by atoms with E-state index in [4.69, 9.17) is 5.73 Å². The van der Waals surface area contributed by atoms with Gasteiger partial charge in [0.25, 0.3) is 0 Å². The minimum Gasteiger partial charge on any atom is -0.390 e. The second-order valence-corrected chi connectivity index (χ2v) is 3.04. The number of hydrogen-bond donors (Lipinski definition) is 2. The molecule has 4 nitrogen and oxygen atoms in total. The first kappa shape index (κ1) is 9.19. The Kier molecular flexibility index (Phi) is 2.47. The Morgan fingerprint density at radius 1 is 1.75 bits per heavy atom. The van der Waals surface area contributed by atoms with Crippen molar-refractivity contribution in [3.8, 4) is 0 Å². The van der Waals surface area contributed by atoms with Gasteiger partial charge < -0.3 is 16.0 Å². The lowest BCUT2D eigenvalue weighted by Gasteiger charge is -2.12. The molecule has 0 aliphatic carbocycles. The summed E-state index contributed by atoms with van der Waals surface area (Å²) < 4.78 is 0. The highest BCUT2D eigenvalue weighted by Crippen LogP contribution is 2.24. The zero-order valence-electron chi connectivity index (χ0n) is 6.62. The summed E-state index contributed by atoms with van der Waals surface area (Å²) in [7, 11) is 0. The third kappa shape index (κ3) is 1.34. The van der Waals surface area contributed by atoms with E-state index in [9.17, 15) is 4.79 Å². The molecule has 0 spiro atoms. The van der Waals surface area contributed by atoms with E-state index < -0.39 is 0 Å². The molecular formula is C7H12ClN3O. The summed E-state index contributed by atoms with van der Waals surface area (Å²) >= 11 is 0. The van der Waals surface area contributed by atoms with Crippen LogP contribution in [0.5, 0.6) is 0 Å². The number of nitrogens with zero attached hydrogens (tertiary/aromatic N) is 1. The molecule has 1 atom stereocenters. The molecule has 12 heavy (non-hydrogen) atoms. The third-order valence-corrected chi connectivity index (χ3v) is 2.30. The number of nitrogens with two attached hydrogens (primary N) is 1. The molecule has 5 heteroatoms. The number of halogens is 1. The maximum atomic E-state index is 10.7.